The Hall–Kier alpha value is -2.49. The van der Waals surface area contributed by atoms with Crippen molar-refractivity contribution in [1.29, 1.82) is 0 Å². The molecule has 0 aliphatic carbocycles. The van der Waals surface area contributed by atoms with Crippen LogP contribution in [0.25, 0.3) is 0 Å². The van der Waals surface area contributed by atoms with Crippen molar-refractivity contribution in [1.82, 2.24) is 4.90 Å². The molecule has 0 bridgehead atoms. The van der Waals surface area contributed by atoms with E-state index in [1.807, 2.05) is 31.2 Å². The minimum atomic E-state index is -0.221. The van der Waals surface area contributed by atoms with Gasteiger partial charge in [0.2, 0.25) is 0 Å². The molecule has 0 saturated carbocycles. The second kappa shape index (κ2) is 6.79. The average molecular weight is 285 g/mol. The highest BCUT2D eigenvalue weighted by Crippen LogP contribution is 2.17. The third-order valence-corrected chi connectivity index (χ3v) is 3.17. The number of ether oxygens (including phenoxy) is 1. The molecule has 0 fully saturated rings. The standard InChI is InChI=1S/C17H19NO3/c1-13-6-5-7-14(12-13)21-11-10-18(2)17(20)15-8-3-4-9-16(15)19/h3-9,12,19H,10-11H2,1-2H3. The van der Waals surface area contributed by atoms with Gasteiger partial charge < -0.3 is 14.7 Å². The topological polar surface area (TPSA) is 49.8 Å². The van der Waals surface area contributed by atoms with E-state index < -0.39 is 0 Å². The predicted octanol–water partition coefficient (Wildman–Crippen LogP) is 2.85. The van der Waals surface area contributed by atoms with Gasteiger partial charge in [-0.05, 0) is 36.8 Å². The van der Waals surface area contributed by atoms with Crippen molar-refractivity contribution >= 4 is 5.91 Å². The molecule has 0 radical (unpaired) electrons. The zero-order chi connectivity index (χ0) is 15.2. The van der Waals surface area contributed by atoms with Crippen LogP contribution in [0, 0.1) is 6.92 Å². The normalized spacial score (nSPS) is 10.2. The van der Waals surface area contributed by atoms with Crippen molar-refractivity contribution in [2.75, 3.05) is 20.2 Å². The van der Waals surface area contributed by atoms with Crippen LogP contribution < -0.4 is 4.74 Å². The van der Waals surface area contributed by atoms with Gasteiger partial charge in [0, 0.05) is 7.05 Å². The Balaban J connectivity index is 1.89. The van der Waals surface area contributed by atoms with Gasteiger partial charge in [0.15, 0.2) is 0 Å². The lowest BCUT2D eigenvalue weighted by atomic mass is 10.2. The maximum atomic E-state index is 12.2. The Morgan fingerprint density at radius 2 is 1.95 bits per heavy atom. The summed E-state index contributed by atoms with van der Waals surface area (Å²) in [5.74, 6) is 0.563. The molecule has 0 spiro atoms. The van der Waals surface area contributed by atoms with Crippen LogP contribution >= 0.6 is 0 Å². The van der Waals surface area contributed by atoms with Crippen molar-refractivity contribution in [3.05, 3.63) is 59.7 Å². The molecular weight excluding hydrogens is 266 g/mol. The third-order valence-electron chi connectivity index (χ3n) is 3.17. The number of hydrogen-bond donors (Lipinski definition) is 1. The number of hydrogen-bond acceptors (Lipinski definition) is 3. The molecule has 0 aliphatic heterocycles. The summed E-state index contributed by atoms with van der Waals surface area (Å²) in [6.07, 6.45) is 0. The highest BCUT2D eigenvalue weighted by atomic mass is 16.5. The minimum Gasteiger partial charge on any atom is -0.507 e. The summed E-state index contributed by atoms with van der Waals surface area (Å²) < 4.78 is 5.62. The molecule has 2 aromatic rings. The molecule has 21 heavy (non-hydrogen) atoms. The largest absolute Gasteiger partial charge is 0.507 e. The number of carbonyl (C=O) groups is 1. The first-order valence-corrected chi connectivity index (χ1v) is 6.81. The van der Waals surface area contributed by atoms with E-state index in [9.17, 15) is 9.90 Å². The van der Waals surface area contributed by atoms with E-state index in [1.165, 1.54) is 11.0 Å². The quantitative estimate of drug-likeness (QED) is 0.919. The molecule has 0 atom stereocenters. The Bertz CT molecular complexity index is 625. The number of aromatic hydroxyl groups is 1. The number of benzene rings is 2. The van der Waals surface area contributed by atoms with Crippen LogP contribution in [0.2, 0.25) is 0 Å². The molecule has 0 aromatic heterocycles. The monoisotopic (exact) mass is 285 g/mol. The van der Waals surface area contributed by atoms with Gasteiger partial charge in [0.1, 0.15) is 18.1 Å². The van der Waals surface area contributed by atoms with Crippen LogP contribution in [-0.2, 0) is 0 Å². The van der Waals surface area contributed by atoms with Crippen molar-refractivity contribution in [2.24, 2.45) is 0 Å². The Morgan fingerprint density at radius 3 is 2.67 bits per heavy atom. The maximum absolute atomic E-state index is 12.2. The fraction of sp³-hybridized carbons (Fsp3) is 0.235. The number of amides is 1. The smallest absolute Gasteiger partial charge is 0.257 e. The summed E-state index contributed by atoms with van der Waals surface area (Å²) in [5, 5.41) is 9.69. The molecule has 0 heterocycles. The number of rotatable bonds is 5. The van der Waals surface area contributed by atoms with Gasteiger partial charge in [-0.1, -0.05) is 24.3 Å². The Morgan fingerprint density at radius 1 is 1.19 bits per heavy atom. The van der Waals surface area contributed by atoms with Gasteiger partial charge in [-0.25, -0.2) is 0 Å². The SMILES string of the molecule is Cc1cccc(OCCN(C)C(=O)c2ccccc2O)c1. The Kier molecular flexibility index (Phi) is 4.82. The first-order valence-electron chi connectivity index (χ1n) is 6.81. The number of nitrogens with zero attached hydrogens (tertiary/aromatic N) is 1. The van der Waals surface area contributed by atoms with E-state index in [2.05, 4.69) is 0 Å². The molecule has 1 amide bonds. The van der Waals surface area contributed by atoms with Gasteiger partial charge in [-0.2, -0.15) is 0 Å². The molecule has 0 saturated heterocycles. The van der Waals surface area contributed by atoms with Gasteiger partial charge in [0.05, 0.1) is 12.1 Å². The first-order chi connectivity index (χ1) is 10.1. The van der Waals surface area contributed by atoms with Crippen LogP contribution in [0.1, 0.15) is 15.9 Å². The summed E-state index contributed by atoms with van der Waals surface area (Å²) in [6.45, 7) is 2.85. The highest BCUT2D eigenvalue weighted by Gasteiger charge is 2.14. The van der Waals surface area contributed by atoms with Crippen LogP contribution in [0.15, 0.2) is 48.5 Å². The van der Waals surface area contributed by atoms with Gasteiger partial charge >= 0.3 is 0 Å². The summed E-state index contributed by atoms with van der Waals surface area (Å²) in [7, 11) is 1.69. The lowest BCUT2D eigenvalue weighted by Crippen LogP contribution is -2.30. The number of likely N-dealkylation sites (N-methyl/N-ethyl adjacent to an activating group) is 1. The molecule has 2 aromatic carbocycles. The van der Waals surface area contributed by atoms with Crippen LogP contribution in [0.5, 0.6) is 11.5 Å². The van der Waals surface area contributed by atoms with E-state index in [0.717, 1.165) is 11.3 Å². The molecule has 4 nitrogen and oxygen atoms in total. The molecule has 2 rings (SSSR count). The zero-order valence-electron chi connectivity index (χ0n) is 12.2. The summed E-state index contributed by atoms with van der Waals surface area (Å²) >= 11 is 0. The first kappa shape index (κ1) is 14.9. The summed E-state index contributed by atoms with van der Waals surface area (Å²) in [4.78, 5) is 13.7. The number of phenols is 1. The Labute approximate surface area is 124 Å². The molecule has 0 unspecified atom stereocenters. The van der Waals surface area contributed by atoms with E-state index in [4.69, 9.17) is 4.74 Å². The average Bonchev–Trinajstić information content (AvgIpc) is 2.47. The molecule has 1 N–H and O–H groups in total. The lowest BCUT2D eigenvalue weighted by molar-refractivity contribution is 0.0770. The summed E-state index contributed by atoms with van der Waals surface area (Å²) in [5.41, 5.74) is 1.43. The highest BCUT2D eigenvalue weighted by molar-refractivity contribution is 5.96. The number of aryl methyl sites for hydroxylation is 1. The van der Waals surface area contributed by atoms with Crippen molar-refractivity contribution in [3.63, 3.8) is 0 Å². The van der Waals surface area contributed by atoms with Crippen molar-refractivity contribution in [2.45, 2.75) is 6.92 Å². The number of phenolic OH excluding ortho intramolecular Hbond substituents is 1. The van der Waals surface area contributed by atoms with Crippen molar-refractivity contribution < 1.29 is 14.6 Å². The van der Waals surface area contributed by atoms with Crippen molar-refractivity contribution in [3.8, 4) is 11.5 Å². The molecular formula is C17H19NO3. The van der Waals surface area contributed by atoms with E-state index in [0.29, 0.717) is 18.7 Å². The molecule has 4 heteroatoms. The van der Waals surface area contributed by atoms with Gasteiger partial charge in [-0.15, -0.1) is 0 Å². The molecule has 110 valence electrons. The van der Waals surface area contributed by atoms with Crippen LogP contribution in [0.3, 0.4) is 0 Å². The maximum Gasteiger partial charge on any atom is 0.257 e. The minimum absolute atomic E-state index is 0.00560. The second-order valence-electron chi connectivity index (χ2n) is 4.91. The second-order valence-corrected chi connectivity index (χ2v) is 4.91. The summed E-state index contributed by atoms with van der Waals surface area (Å²) in [6, 6.07) is 14.3. The number of carbonyl (C=O) groups excluding carboxylic acids is 1. The lowest BCUT2D eigenvalue weighted by Gasteiger charge is -2.18. The van der Waals surface area contributed by atoms with Gasteiger partial charge in [0.25, 0.3) is 5.91 Å². The number of para-hydroxylation sites is 1. The molecule has 0 aliphatic rings. The zero-order valence-corrected chi connectivity index (χ0v) is 12.2. The van der Waals surface area contributed by atoms with E-state index >= 15 is 0 Å². The third kappa shape index (κ3) is 3.99. The van der Waals surface area contributed by atoms with E-state index in [1.54, 1.807) is 25.2 Å². The van der Waals surface area contributed by atoms with Gasteiger partial charge in [-0.3, -0.25) is 4.79 Å². The predicted molar refractivity (Wildman–Crippen MR) is 81.7 cm³/mol. The van der Waals surface area contributed by atoms with E-state index in [-0.39, 0.29) is 11.7 Å². The fourth-order valence-electron chi connectivity index (χ4n) is 1.97. The fourth-order valence-corrected chi connectivity index (χ4v) is 1.97. The van der Waals surface area contributed by atoms with Crippen LogP contribution in [-0.4, -0.2) is 36.1 Å². The van der Waals surface area contributed by atoms with Crippen LogP contribution in [0.4, 0.5) is 0 Å².